The highest BCUT2D eigenvalue weighted by Gasteiger charge is 2.27. The summed E-state index contributed by atoms with van der Waals surface area (Å²) < 4.78 is 18.6. The lowest BCUT2D eigenvalue weighted by molar-refractivity contribution is -0.0178. The lowest BCUT2D eigenvalue weighted by Gasteiger charge is -2.33. The molecule has 1 aliphatic heterocycles. The summed E-state index contributed by atoms with van der Waals surface area (Å²) in [5, 5.41) is 7.42. The number of hydrogen-bond acceptors (Lipinski definition) is 6. The lowest BCUT2D eigenvalue weighted by Crippen LogP contribution is -2.43. The van der Waals surface area contributed by atoms with Gasteiger partial charge in [0.25, 0.3) is 0 Å². The number of aromatic nitrogens is 2. The molecule has 36 heavy (non-hydrogen) atoms. The average Bonchev–Trinajstić information content (AvgIpc) is 3.25. The summed E-state index contributed by atoms with van der Waals surface area (Å²) in [4.78, 5) is 26.5. The molecule has 190 valence electrons. The monoisotopic (exact) mass is 492 g/mol. The molecule has 0 spiro atoms. The molecule has 0 aliphatic carbocycles. The molecule has 0 unspecified atom stereocenters. The van der Waals surface area contributed by atoms with Gasteiger partial charge in [-0.2, -0.15) is 5.10 Å². The zero-order valence-corrected chi connectivity index (χ0v) is 20.8. The smallest absolute Gasteiger partial charge is 0.418 e. The quantitative estimate of drug-likeness (QED) is 0.495. The van der Waals surface area contributed by atoms with Crippen LogP contribution in [0.15, 0.2) is 66.7 Å². The molecule has 0 radical (unpaired) electrons. The number of nitrogens with zero attached hydrogens (tertiary/aromatic N) is 3. The molecule has 3 aromatic rings. The van der Waals surface area contributed by atoms with Gasteiger partial charge in [0.1, 0.15) is 17.2 Å². The van der Waals surface area contributed by atoms with Gasteiger partial charge in [0.15, 0.2) is 0 Å². The SMILES string of the molecule is CC(C)(C)OC(=O)N1CCC(OCc2cc(NC(=O)Oc3ccccc3)n(-c3ccccc3)n2)CC1. The van der Waals surface area contributed by atoms with Crippen LogP contribution in [0.1, 0.15) is 39.3 Å². The minimum Gasteiger partial charge on any atom is -0.444 e. The van der Waals surface area contributed by atoms with Crippen LogP contribution < -0.4 is 10.1 Å². The number of carbonyl (C=O) groups excluding carboxylic acids is 2. The van der Waals surface area contributed by atoms with Gasteiger partial charge >= 0.3 is 12.2 Å². The Hall–Kier alpha value is -3.85. The van der Waals surface area contributed by atoms with Gasteiger partial charge in [-0.3, -0.25) is 5.32 Å². The van der Waals surface area contributed by atoms with E-state index in [1.54, 1.807) is 39.9 Å². The summed E-state index contributed by atoms with van der Waals surface area (Å²) in [7, 11) is 0. The number of piperidine rings is 1. The van der Waals surface area contributed by atoms with Gasteiger partial charge in [-0.05, 0) is 57.9 Å². The highest BCUT2D eigenvalue weighted by atomic mass is 16.6. The van der Waals surface area contributed by atoms with Crippen molar-refractivity contribution in [3.63, 3.8) is 0 Å². The van der Waals surface area contributed by atoms with Gasteiger partial charge in [0, 0.05) is 19.2 Å². The standard InChI is InChI=1S/C27H32N4O5/c1-27(2,3)36-26(33)30-16-14-22(15-17-30)34-19-20-18-24(31(29-20)21-10-6-4-7-11-21)28-25(32)35-23-12-8-5-9-13-23/h4-13,18,22H,14-17,19H2,1-3H3,(H,28,32). The van der Waals surface area contributed by atoms with Gasteiger partial charge in [-0.1, -0.05) is 36.4 Å². The van der Waals surface area contributed by atoms with Gasteiger partial charge in [-0.25, -0.2) is 14.3 Å². The first-order valence-corrected chi connectivity index (χ1v) is 12.0. The van der Waals surface area contributed by atoms with E-state index in [4.69, 9.17) is 14.2 Å². The fourth-order valence-electron chi connectivity index (χ4n) is 3.82. The van der Waals surface area contributed by atoms with E-state index in [0.717, 1.165) is 5.69 Å². The van der Waals surface area contributed by atoms with E-state index in [0.29, 0.717) is 43.2 Å². The van der Waals surface area contributed by atoms with Crippen LogP contribution in [0.25, 0.3) is 5.69 Å². The number of rotatable bonds is 6. The number of para-hydroxylation sites is 2. The first-order valence-electron chi connectivity index (χ1n) is 12.0. The second-order valence-corrected chi connectivity index (χ2v) is 9.57. The van der Waals surface area contributed by atoms with Crippen LogP contribution in [0.2, 0.25) is 0 Å². The Morgan fingerprint density at radius 2 is 1.64 bits per heavy atom. The fraction of sp³-hybridized carbons (Fsp3) is 0.370. The number of benzene rings is 2. The van der Waals surface area contributed by atoms with Crippen LogP contribution >= 0.6 is 0 Å². The average molecular weight is 493 g/mol. The summed E-state index contributed by atoms with van der Waals surface area (Å²) >= 11 is 0. The fourth-order valence-corrected chi connectivity index (χ4v) is 3.82. The van der Waals surface area contributed by atoms with Crippen LogP contribution in [0.5, 0.6) is 5.75 Å². The van der Waals surface area contributed by atoms with Crippen LogP contribution in [0.3, 0.4) is 0 Å². The van der Waals surface area contributed by atoms with Gasteiger partial charge in [0.2, 0.25) is 0 Å². The van der Waals surface area contributed by atoms with Crippen molar-refractivity contribution in [1.82, 2.24) is 14.7 Å². The first kappa shape index (κ1) is 25.2. The van der Waals surface area contributed by atoms with Gasteiger partial charge in [0.05, 0.1) is 24.1 Å². The molecule has 1 fully saturated rings. The number of hydrogen-bond donors (Lipinski definition) is 1. The van der Waals surface area contributed by atoms with Crippen molar-refractivity contribution in [3.8, 4) is 11.4 Å². The molecule has 1 saturated heterocycles. The largest absolute Gasteiger partial charge is 0.444 e. The summed E-state index contributed by atoms with van der Waals surface area (Å²) in [5.41, 5.74) is 0.953. The number of likely N-dealkylation sites (tertiary alicyclic amines) is 1. The zero-order valence-electron chi connectivity index (χ0n) is 20.8. The Morgan fingerprint density at radius 1 is 1.00 bits per heavy atom. The molecule has 0 bridgehead atoms. The minimum absolute atomic E-state index is 0.00465. The van der Waals surface area contributed by atoms with Crippen molar-refractivity contribution < 1.29 is 23.8 Å². The van der Waals surface area contributed by atoms with E-state index in [9.17, 15) is 9.59 Å². The highest BCUT2D eigenvalue weighted by molar-refractivity contribution is 5.85. The molecule has 2 aromatic carbocycles. The van der Waals surface area contributed by atoms with Crippen LogP contribution in [-0.4, -0.2) is 51.7 Å². The zero-order chi connectivity index (χ0) is 25.5. The maximum absolute atomic E-state index is 12.5. The van der Waals surface area contributed by atoms with Crippen molar-refractivity contribution in [2.75, 3.05) is 18.4 Å². The van der Waals surface area contributed by atoms with Gasteiger partial charge in [-0.15, -0.1) is 0 Å². The number of anilines is 1. The topological polar surface area (TPSA) is 94.9 Å². The Kier molecular flexibility index (Phi) is 7.90. The summed E-state index contributed by atoms with van der Waals surface area (Å²) in [6.07, 6.45) is 0.534. The molecule has 4 rings (SSSR count). The second-order valence-electron chi connectivity index (χ2n) is 9.57. The lowest BCUT2D eigenvalue weighted by atomic mass is 10.1. The Bertz CT molecular complexity index is 1150. The Labute approximate surface area is 210 Å². The van der Waals surface area contributed by atoms with E-state index < -0.39 is 11.7 Å². The third-order valence-electron chi connectivity index (χ3n) is 5.51. The normalized spacial score (nSPS) is 14.4. The minimum atomic E-state index is -0.611. The van der Waals surface area contributed by atoms with Crippen LogP contribution in [-0.2, 0) is 16.1 Å². The third kappa shape index (κ3) is 7.08. The van der Waals surface area contributed by atoms with Crippen molar-refractivity contribution in [2.24, 2.45) is 0 Å². The molecule has 0 saturated carbocycles. The predicted octanol–water partition coefficient (Wildman–Crippen LogP) is 5.40. The maximum atomic E-state index is 12.5. The number of carbonyl (C=O) groups is 2. The molecule has 0 atom stereocenters. The van der Waals surface area contributed by atoms with Crippen molar-refractivity contribution in [3.05, 3.63) is 72.4 Å². The molecule has 9 nitrogen and oxygen atoms in total. The number of ether oxygens (including phenoxy) is 3. The van der Waals surface area contributed by atoms with Crippen LogP contribution in [0.4, 0.5) is 15.4 Å². The Balaban J connectivity index is 1.37. The number of nitrogens with one attached hydrogen (secondary N) is 1. The highest BCUT2D eigenvalue weighted by Crippen LogP contribution is 2.22. The molecule has 2 heterocycles. The second kappa shape index (κ2) is 11.3. The summed E-state index contributed by atoms with van der Waals surface area (Å²) in [6.45, 7) is 7.02. The molecule has 1 aliphatic rings. The van der Waals surface area contributed by atoms with E-state index in [1.165, 1.54) is 0 Å². The van der Waals surface area contributed by atoms with Crippen LogP contribution in [0, 0.1) is 0 Å². The molecule has 9 heteroatoms. The molecule has 1 aromatic heterocycles. The third-order valence-corrected chi connectivity index (χ3v) is 5.51. The summed E-state index contributed by atoms with van der Waals surface area (Å²) in [5.74, 6) is 0.919. The number of amides is 2. The molecule has 2 amide bonds. The molecular weight excluding hydrogens is 460 g/mol. The molecular formula is C27H32N4O5. The molecule has 1 N–H and O–H groups in total. The summed E-state index contributed by atoms with van der Waals surface area (Å²) in [6, 6.07) is 20.2. The van der Waals surface area contributed by atoms with Crippen molar-refractivity contribution >= 4 is 18.0 Å². The van der Waals surface area contributed by atoms with E-state index in [2.05, 4.69) is 10.4 Å². The van der Waals surface area contributed by atoms with E-state index in [1.807, 2.05) is 57.2 Å². The van der Waals surface area contributed by atoms with Gasteiger partial charge < -0.3 is 19.1 Å². The Morgan fingerprint density at radius 3 is 2.28 bits per heavy atom. The van der Waals surface area contributed by atoms with Crippen molar-refractivity contribution in [1.29, 1.82) is 0 Å². The van der Waals surface area contributed by atoms with E-state index >= 15 is 0 Å². The van der Waals surface area contributed by atoms with E-state index in [-0.39, 0.29) is 18.8 Å². The van der Waals surface area contributed by atoms with Crippen molar-refractivity contribution in [2.45, 2.75) is 51.9 Å². The maximum Gasteiger partial charge on any atom is 0.418 e. The first-order chi connectivity index (χ1) is 17.3. The predicted molar refractivity (Wildman–Crippen MR) is 135 cm³/mol.